The van der Waals surface area contributed by atoms with Gasteiger partial charge in [-0.25, -0.2) is 0 Å². The van der Waals surface area contributed by atoms with E-state index in [1.165, 1.54) is 5.56 Å². The van der Waals surface area contributed by atoms with Gasteiger partial charge in [-0.1, -0.05) is 24.6 Å². The second-order valence-corrected chi connectivity index (χ2v) is 7.96. The van der Waals surface area contributed by atoms with Crippen LogP contribution in [0.3, 0.4) is 0 Å². The molecule has 0 N–H and O–H groups in total. The lowest BCUT2D eigenvalue weighted by molar-refractivity contribution is -0.133. The van der Waals surface area contributed by atoms with Crippen LogP contribution >= 0.6 is 0 Å². The zero-order valence-corrected chi connectivity index (χ0v) is 16.8. The van der Waals surface area contributed by atoms with E-state index in [1.807, 2.05) is 41.0 Å². The maximum Gasteiger partial charge on any atom is 0.253 e. The van der Waals surface area contributed by atoms with Crippen molar-refractivity contribution in [1.82, 2.24) is 14.7 Å². The Kier molecular flexibility index (Phi) is 6.89. The molecule has 0 saturated carbocycles. The van der Waals surface area contributed by atoms with Gasteiger partial charge in [0.05, 0.1) is 0 Å². The Morgan fingerprint density at radius 3 is 2.15 bits per heavy atom. The Hall–Kier alpha value is -1.88. The number of piperazine rings is 1. The summed E-state index contributed by atoms with van der Waals surface area (Å²) in [5.41, 5.74) is 1.95. The quantitative estimate of drug-likeness (QED) is 0.799. The molecule has 2 saturated heterocycles. The van der Waals surface area contributed by atoms with E-state index in [-0.39, 0.29) is 5.91 Å². The average molecular weight is 372 g/mol. The van der Waals surface area contributed by atoms with Crippen LogP contribution in [0.15, 0.2) is 24.3 Å². The Bertz CT molecular complexity index is 627. The molecular formula is C22H33N3O2. The van der Waals surface area contributed by atoms with Crippen molar-refractivity contribution >= 4 is 11.8 Å². The molecule has 0 aliphatic carbocycles. The van der Waals surface area contributed by atoms with Gasteiger partial charge in [0.2, 0.25) is 5.91 Å². The lowest BCUT2D eigenvalue weighted by Crippen LogP contribution is -2.48. The highest BCUT2D eigenvalue weighted by atomic mass is 16.2. The van der Waals surface area contributed by atoms with E-state index in [1.54, 1.807) is 0 Å². The average Bonchev–Trinajstić information content (AvgIpc) is 2.72. The molecule has 3 rings (SSSR count). The van der Waals surface area contributed by atoms with Crippen LogP contribution in [0.1, 0.15) is 48.5 Å². The van der Waals surface area contributed by atoms with Gasteiger partial charge in [0.25, 0.3) is 5.91 Å². The fourth-order valence-electron chi connectivity index (χ4n) is 4.10. The third-order valence-electron chi connectivity index (χ3n) is 6.14. The number of likely N-dealkylation sites (tertiary alicyclic amines) is 1. The number of carbonyl (C=O) groups excluding carboxylic acids is 2. The summed E-state index contributed by atoms with van der Waals surface area (Å²) < 4.78 is 0. The van der Waals surface area contributed by atoms with Crippen molar-refractivity contribution < 1.29 is 9.59 Å². The molecule has 1 aromatic carbocycles. The molecule has 148 valence electrons. The highest BCUT2D eigenvalue weighted by Crippen LogP contribution is 2.24. The Morgan fingerprint density at radius 1 is 0.926 bits per heavy atom. The van der Waals surface area contributed by atoms with Gasteiger partial charge in [0.1, 0.15) is 0 Å². The van der Waals surface area contributed by atoms with Crippen molar-refractivity contribution in [3.8, 4) is 0 Å². The van der Waals surface area contributed by atoms with Crippen molar-refractivity contribution in [2.45, 2.75) is 39.5 Å². The lowest BCUT2D eigenvalue weighted by Gasteiger charge is -2.35. The summed E-state index contributed by atoms with van der Waals surface area (Å²) in [5, 5.41) is 0. The Balaban J connectivity index is 1.39. The maximum atomic E-state index is 12.6. The van der Waals surface area contributed by atoms with E-state index >= 15 is 0 Å². The van der Waals surface area contributed by atoms with Crippen molar-refractivity contribution in [3.63, 3.8) is 0 Å². The zero-order chi connectivity index (χ0) is 19.2. The summed E-state index contributed by atoms with van der Waals surface area (Å²) in [6, 6.07) is 7.82. The van der Waals surface area contributed by atoms with Gasteiger partial charge in [-0.3, -0.25) is 9.59 Å². The maximum absolute atomic E-state index is 12.6. The molecule has 2 aliphatic heterocycles. The minimum absolute atomic E-state index is 0.137. The summed E-state index contributed by atoms with van der Waals surface area (Å²) in [4.78, 5) is 31.5. The number of amides is 2. The minimum Gasteiger partial charge on any atom is -0.340 e. The molecule has 0 atom stereocenters. The molecule has 2 heterocycles. The van der Waals surface area contributed by atoms with Crippen LogP contribution in [0.5, 0.6) is 0 Å². The first-order valence-corrected chi connectivity index (χ1v) is 10.4. The molecule has 27 heavy (non-hydrogen) atoms. The number of nitrogens with zero attached hydrogens (tertiary/aromatic N) is 3. The number of rotatable bonds is 5. The molecule has 2 aliphatic rings. The third kappa shape index (κ3) is 5.32. The molecular weight excluding hydrogens is 338 g/mol. The van der Waals surface area contributed by atoms with E-state index in [0.29, 0.717) is 18.2 Å². The standard InChI is InChI=1S/C22H33N3O2/c1-3-23-14-16-24(17-15-23)21(26)9-6-19-10-12-25(13-11-19)22(27)20-7-4-18(2)5-8-20/h4-5,7-8,19H,3,6,9-17H2,1-2H3. The van der Waals surface area contributed by atoms with Crippen molar-refractivity contribution in [2.24, 2.45) is 5.92 Å². The second kappa shape index (κ2) is 9.36. The van der Waals surface area contributed by atoms with Gasteiger partial charge in [-0.05, 0) is 50.8 Å². The summed E-state index contributed by atoms with van der Waals surface area (Å²) in [6.45, 7) is 10.6. The molecule has 0 spiro atoms. The van der Waals surface area contributed by atoms with E-state index in [9.17, 15) is 9.59 Å². The van der Waals surface area contributed by atoms with Crippen LogP contribution in [0.4, 0.5) is 0 Å². The normalized spacial score (nSPS) is 19.3. The number of benzene rings is 1. The van der Waals surface area contributed by atoms with Crippen molar-refractivity contribution in [2.75, 3.05) is 45.8 Å². The number of likely N-dealkylation sites (N-methyl/N-ethyl adjacent to an activating group) is 1. The van der Waals surface area contributed by atoms with Crippen LogP contribution in [0, 0.1) is 12.8 Å². The molecule has 5 heteroatoms. The van der Waals surface area contributed by atoms with E-state index in [2.05, 4.69) is 11.8 Å². The number of piperidine rings is 1. The van der Waals surface area contributed by atoms with E-state index < -0.39 is 0 Å². The number of carbonyl (C=O) groups is 2. The summed E-state index contributed by atoms with van der Waals surface area (Å²) >= 11 is 0. The highest BCUT2D eigenvalue weighted by molar-refractivity contribution is 5.94. The predicted molar refractivity (Wildman–Crippen MR) is 108 cm³/mol. The molecule has 2 fully saturated rings. The topological polar surface area (TPSA) is 43.9 Å². The van der Waals surface area contributed by atoms with E-state index in [0.717, 1.165) is 70.6 Å². The fourth-order valence-corrected chi connectivity index (χ4v) is 4.10. The summed E-state index contributed by atoms with van der Waals surface area (Å²) in [7, 11) is 0. The molecule has 0 radical (unpaired) electrons. The predicted octanol–water partition coefficient (Wildman–Crippen LogP) is 2.79. The van der Waals surface area contributed by atoms with Crippen LogP contribution in [0.2, 0.25) is 0 Å². The third-order valence-corrected chi connectivity index (χ3v) is 6.14. The zero-order valence-electron chi connectivity index (χ0n) is 16.8. The fraction of sp³-hybridized carbons (Fsp3) is 0.636. The molecule has 0 aromatic heterocycles. The van der Waals surface area contributed by atoms with Gasteiger partial charge in [-0.15, -0.1) is 0 Å². The number of hydrogen-bond acceptors (Lipinski definition) is 3. The van der Waals surface area contributed by atoms with Crippen LogP contribution in [0.25, 0.3) is 0 Å². The Morgan fingerprint density at radius 2 is 1.56 bits per heavy atom. The highest BCUT2D eigenvalue weighted by Gasteiger charge is 2.25. The molecule has 5 nitrogen and oxygen atoms in total. The van der Waals surface area contributed by atoms with Gasteiger partial charge in [0, 0.05) is 51.3 Å². The first-order chi connectivity index (χ1) is 13.1. The van der Waals surface area contributed by atoms with E-state index in [4.69, 9.17) is 0 Å². The number of hydrogen-bond donors (Lipinski definition) is 0. The second-order valence-electron chi connectivity index (χ2n) is 7.96. The molecule has 1 aromatic rings. The smallest absolute Gasteiger partial charge is 0.253 e. The van der Waals surface area contributed by atoms with Gasteiger partial charge < -0.3 is 14.7 Å². The summed E-state index contributed by atoms with van der Waals surface area (Å²) in [6.07, 6.45) is 3.63. The number of aryl methyl sites for hydroxylation is 1. The van der Waals surface area contributed by atoms with Crippen LogP contribution < -0.4 is 0 Å². The first-order valence-electron chi connectivity index (χ1n) is 10.4. The monoisotopic (exact) mass is 371 g/mol. The Labute approximate surface area is 163 Å². The van der Waals surface area contributed by atoms with Crippen LogP contribution in [-0.4, -0.2) is 72.3 Å². The molecule has 0 bridgehead atoms. The SMILES string of the molecule is CCN1CCN(C(=O)CCC2CCN(C(=O)c3ccc(C)cc3)CC2)CC1. The molecule has 0 unspecified atom stereocenters. The van der Waals surface area contributed by atoms with Crippen LogP contribution in [-0.2, 0) is 4.79 Å². The first kappa shape index (κ1) is 19.9. The summed E-state index contributed by atoms with van der Waals surface area (Å²) in [5.74, 6) is 1.01. The molecule has 2 amide bonds. The lowest BCUT2D eigenvalue weighted by atomic mass is 9.91. The largest absolute Gasteiger partial charge is 0.340 e. The van der Waals surface area contributed by atoms with Crippen molar-refractivity contribution in [1.29, 1.82) is 0 Å². The van der Waals surface area contributed by atoms with Gasteiger partial charge >= 0.3 is 0 Å². The minimum atomic E-state index is 0.137. The van der Waals surface area contributed by atoms with Gasteiger partial charge in [0.15, 0.2) is 0 Å². The van der Waals surface area contributed by atoms with Crippen molar-refractivity contribution in [3.05, 3.63) is 35.4 Å². The van der Waals surface area contributed by atoms with Gasteiger partial charge in [-0.2, -0.15) is 0 Å².